The lowest BCUT2D eigenvalue weighted by Gasteiger charge is -2.41. The first-order valence-electron chi connectivity index (χ1n) is 7.22. The average molecular weight is 240 g/mol. The van der Waals surface area contributed by atoms with Crippen LogP contribution in [0.4, 0.5) is 0 Å². The molecule has 0 aromatic carbocycles. The van der Waals surface area contributed by atoms with E-state index in [0.29, 0.717) is 0 Å². The molecule has 2 aliphatic rings. The molecular formula is C14H28N2O. The molecule has 2 aliphatic heterocycles. The van der Waals surface area contributed by atoms with Crippen molar-refractivity contribution in [1.82, 2.24) is 10.2 Å². The fourth-order valence-corrected chi connectivity index (χ4v) is 2.90. The van der Waals surface area contributed by atoms with Crippen LogP contribution < -0.4 is 5.32 Å². The van der Waals surface area contributed by atoms with Gasteiger partial charge in [-0.05, 0) is 32.6 Å². The van der Waals surface area contributed by atoms with Crippen molar-refractivity contribution in [2.45, 2.75) is 51.7 Å². The van der Waals surface area contributed by atoms with Gasteiger partial charge in [0.15, 0.2) is 0 Å². The van der Waals surface area contributed by atoms with Crippen molar-refractivity contribution in [1.29, 1.82) is 0 Å². The lowest BCUT2D eigenvalue weighted by atomic mass is 9.91. The van der Waals surface area contributed by atoms with Crippen LogP contribution in [0.2, 0.25) is 0 Å². The molecular weight excluding hydrogens is 212 g/mol. The summed E-state index contributed by atoms with van der Waals surface area (Å²) in [7, 11) is 0. The molecule has 0 spiro atoms. The highest BCUT2D eigenvalue weighted by Gasteiger charge is 2.32. The first kappa shape index (κ1) is 13.3. The van der Waals surface area contributed by atoms with Crippen molar-refractivity contribution >= 4 is 0 Å². The number of hydrogen-bond donors (Lipinski definition) is 1. The van der Waals surface area contributed by atoms with Crippen LogP contribution in [-0.4, -0.2) is 49.3 Å². The third-order valence-corrected chi connectivity index (χ3v) is 4.51. The van der Waals surface area contributed by atoms with E-state index in [0.717, 1.165) is 38.2 Å². The summed E-state index contributed by atoms with van der Waals surface area (Å²) in [5.74, 6) is 0.909. The standard InChI is InChI=1S/C14H28N2O/c1-4-13-6-5-12(2)16(9-13)7-8-17-14(3)10-15-11-14/h12-13,15H,4-11H2,1-3H3. The van der Waals surface area contributed by atoms with Gasteiger partial charge in [0.25, 0.3) is 0 Å². The predicted molar refractivity (Wildman–Crippen MR) is 71.3 cm³/mol. The maximum atomic E-state index is 5.98. The number of nitrogens with one attached hydrogen (secondary N) is 1. The van der Waals surface area contributed by atoms with E-state index in [1.165, 1.54) is 25.8 Å². The molecule has 0 saturated carbocycles. The second kappa shape index (κ2) is 5.68. The van der Waals surface area contributed by atoms with E-state index in [-0.39, 0.29) is 5.60 Å². The fourth-order valence-electron chi connectivity index (χ4n) is 2.90. The summed E-state index contributed by atoms with van der Waals surface area (Å²) in [6.07, 6.45) is 4.10. The highest BCUT2D eigenvalue weighted by atomic mass is 16.5. The van der Waals surface area contributed by atoms with Gasteiger partial charge in [-0.3, -0.25) is 4.90 Å². The van der Waals surface area contributed by atoms with Crippen LogP contribution in [0.3, 0.4) is 0 Å². The number of rotatable bonds is 5. The van der Waals surface area contributed by atoms with Gasteiger partial charge in [-0.1, -0.05) is 13.3 Å². The molecule has 2 heterocycles. The van der Waals surface area contributed by atoms with E-state index in [9.17, 15) is 0 Å². The third-order valence-electron chi connectivity index (χ3n) is 4.51. The Morgan fingerprint density at radius 3 is 2.71 bits per heavy atom. The topological polar surface area (TPSA) is 24.5 Å². The normalized spacial score (nSPS) is 33.4. The lowest BCUT2D eigenvalue weighted by molar-refractivity contribution is -0.0769. The molecule has 0 aliphatic carbocycles. The van der Waals surface area contributed by atoms with E-state index in [2.05, 4.69) is 31.0 Å². The second-order valence-corrected chi connectivity index (χ2v) is 6.10. The van der Waals surface area contributed by atoms with Crippen molar-refractivity contribution < 1.29 is 4.74 Å². The maximum Gasteiger partial charge on any atom is 0.0902 e. The summed E-state index contributed by atoms with van der Waals surface area (Å²) in [4.78, 5) is 2.62. The molecule has 17 heavy (non-hydrogen) atoms. The Morgan fingerprint density at radius 2 is 2.12 bits per heavy atom. The van der Waals surface area contributed by atoms with Gasteiger partial charge in [0, 0.05) is 32.2 Å². The molecule has 0 aromatic rings. The monoisotopic (exact) mass is 240 g/mol. The van der Waals surface area contributed by atoms with Crippen LogP contribution in [-0.2, 0) is 4.74 Å². The molecule has 2 atom stereocenters. The van der Waals surface area contributed by atoms with Crippen LogP contribution in [0.1, 0.15) is 40.0 Å². The number of hydrogen-bond acceptors (Lipinski definition) is 3. The van der Waals surface area contributed by atoms with Gasteiger partial charge in [0.1, 0.15) is 0 Å². The first-order valence-corrected chi connectivity index (χ1v) is 7.22. The Kier molecular flexibility index (Phi) is 4.45. The van der Waals surface area contributed by atoms with Crippen LogP contribution >= 0.6 is 0 Å². The quantitative estimate of drug-likeness (QED) is 0.794. The Balaban J connectivity index is 1.69. The molecule has 0 bridgehead atoms. The zero-order valence-corrected chi connectivity index (χ0v) is 11.7. The summed E-state index contributed by atoms with van der Waals surface area (Å²) < 4.78 is 5.98. The second-order valence-electron chi connectivity index (χ2n) is 6.10. The van der Waals surface area contributed by atoms with Crippen LogP contribution in [0, 0.1) is 5.92 Å². The predicted octanol–water partition coefficient (Wildman–Crippen LogP) is 1.88. The minimum atomic E-state index is 0.114. The SMILES string of the molecule is CCC1CCC(C)N(CCOC2(C)CNC2)C1. The summed E-state index contributed by atoms with van der Waals surface area (Å²) in [6, 6.07) is 0.744. The van der Waals surface area contributed by atoms with Gasteiger partial charge in [-0.25, -0.2) is 0 Å². The zero-order chi connectivity index (χ0) is 12.3. The van der Waals surface area contributed by atoms with Crippen molar-refractivity contribution in [2.75, 3.05) is 32.8 Å². The van der Waals surface area contributed by atoms with Crippen LogP contribution in [0.25, 0.3) is 0 Å². The van der Waals surface area contributed by atoms with Gasteiger partial charge in [0.2, 0.25) is 0 Å². The highest BCUT2D eigenvalue weighted by Crippen LogP contribution is 2.24. The molecule has 2 rings (SSSR count). The molecule has 3 heteroatoms. The van der Waals surface area contributed by atoms with Crippen molar-refractivity contribution in [3.05, 3.63) is 0 Å². The van der Waals surface area contributed by atoms with Gasteiger partial charge >= 0.3 is 0 Å². The average Bonchev–Trinajstić information content (AvgIpc) is 2.29. The Bertz CT molecular complexity index is 240. The Morgan fingerprint density at radius 1 is 1.35 bits per heavy atom. The van der Waals surface area contributed by atoms with E-state index < -0.39 is 0 Å². The van der Waals surface area contributed by atoms with Crippen molar-refractivity contribution in [2.24, 2.45) is 5.92 Å². The molecule has 0 aromatic heterocycles. The molecule has 100 valence electrons. The van der Waals surface area contributed by atoms with Crippen molar-refractivity contribution in [3.8, 4) is 0 Å². The van der Waals surface area contributed by atoms with Crippen LogP contribution in [0.5, 0.6) is 0 Å². The van der Waals surface area contributed by atoms with E-state index in [1.54, 1.807) is 0 Å². The summed E-state index contributed by atoms with van der Waals surface area (Å²) >= 11 is 0. The smallest absolute Gasteiger partial charge is 0.0902 e. The van der Waals surface area contributed by atoms with E-state index >= 15 is 0 Å². The Labute approximate surface area is 106 Å². The molecule has 1 N–H and O–H groups in total. The summed E-state index contributed by atoms with van der Waals surface area (Å²) in [5, 5.41) is 3.28. The molecule has 2 saturated heterocycles. The molecule has 2 unspecified atom stereocenters. The van der Waals surface area contributed by atoms with E-state index in [1.807, 2.05) is 0 Å². The molecule has 0 radical (unpaired) electrons. The van der Waals surface area contributed by atoms with Crippen molar-refractivity contribution in [3.63, 3.8) is 0 Å². The number of likely N-dealkylation sites (tertiary alicyclic amines) is 1. The summed E-state index contributed by atoms with van der Waals surface area (Å²) in [5.41, 5.74) is 0.114. The van der Waals surface area contributed by atoms with Gasteiger partial charge in [0.05, 0.1) is 12.2 Å². The largest absolute Gasteiger partial charge is 0.371 e. The van der Waals surface area contributed by atoms with Gasteiger partial charge < -0.3 is 10.1 Å². The van der Waals surface area contributed by atoms with E-state index in [4.69, 9.17) is 4.74 Å². The molecule has 3 nitrogen and oxygen atoms in total. The minimum absolute atomic E-state index is 0.114. The fraction of sp³-hybridized carbons (Fsp3) is 1.00. The maximum absolute atomic E-state index is 5.98. The first-order chi connectivity index (χ1) is 8.13. The third kappa shape index (κ3) is 3.43. The van der Waals surface area contributed by atoms with Crippen LogP contribution in [0.15, 0.2) is 0 Å². The van der Waals surface area contributed by atoms with Gasteiger partial charge in [-0.2, -0.15) is 0 Å². The highest BCUT2D eigenvalue weighted by molar-refractivity contribution is 4.90. The zero-order valence-electron chi connectivity index (χ0n) is 11.7. The Hall–Kier alpha value is -0.120. The summed E-state index contributed by atoms with van der Waals surface area (Å²) in [6.45, 7) is 12.2. The molecule has 0 amide bonds. The number of ether oxygens (including phenoxy) is 1. The van der Waals surface area contributed by atoms with Gasteiger partial charge in [-0.15, -0.1) is 0 Å². The number of piperidine rings is 1. The number of nitrogens with zero attached hydrogens (tertiary/aromatic N) is 1. The minimum Gasteiger partial charge on any atom is -0.371 e. The molecule has 2 fully saturated rings. The lowest BCUT2D eigenvalue weighted by Crippen LogP contribution is -2.59.